The summed E-state index contributed by atoms with van der Waals surface area (Å²) in [6, 6.07) is -1.19. The lowest BCUT2D eigenvalue weighted by Gasteiger charge is -2.40. The standard InChI is InChI=1S/C73H141NO10/c1-3-5-7-9-11-13-15-17-19-21-23-25-27-29-30-31-32-33-34-35-37-39-41-43-45-47-49-51-53-55-57-59-61-66(77)72(82)74-64(63-83-73-71(81)70(80)69(79)67(62-75)84-73)68(78)65(76)60-58-56-54-52-50-48-46-44-42-40-38-36-28-26-24-22-20-18-16-14-12-10-8-6-4-2/h44,46,52,54,64-71,73,75-81H,3-43,45,47-51,53,55-63H2,1-2H3,(H,74,82)/b46-44+,54-52+. The number of hydrogen-bond donors (Lipinski definition) is 8. The molecule has 84 heavy (non-hydrogen) atoms. The van der Waals surface area contributed by atoms with Gasteiger partial charge >= 0.3 is 0 Å². The molecule has 9 atom stereocenters. The molecule has 11 nitrogen and oxygen atoms in total. The number of hydrogen-bond acceptors (Lipinski definition) is 10. The van der Waals surface area contributed by atoms with E-state index in [0.29, 0.717) is 19.3 Å². The summed E-state index contributed by atoms with van der Waals surface area (Å²) in [5, 5.41) is 76.5. The van der Waals surface area contributed by atoms with Crippen molar-refractivity contribution >= 4 is 5.91 Å². The Kier molecular flexibility index (Phi) is 59.3. The van der Waals surface area contributed by atoms with E-state index >= 15 is 0 Å². The van der Waals surface area contributed by atoms with Crippen LogP contribution in [0.15, 0.2) is 24.3 Å². The molecule has 0 saturated carbocycles. The van der Waals surface area contributed by atoms with Gasteiger partial charge in [-0.25, -0.2) is 0 Å². The maximum atomic E-state index is 13.3. The third-order valence-corrected chi connectivity index (χ3v) is 18.0. The summed E-state index contributed by atoms with van der Waals surface area (Å²) in [5.41, 5.74) is 0. The number of ether oxygens (including phenoxy) is 2. The van der Waals surface area contributed by atoms with Crippen LogP contribution in [0.5, 0.6) is 0 Å². The van der Waals surface area contributed by atoms with E-state index in [4.69, 9.17) is 9.47 Å². The highest BCUT2D eigenvalue weighted by Crippen LogP contribution is 2.24. The van der Waals surface area contributed by atoms with Gasteiger partial charge in [0, 0.05) is 0 Å². The van der Waals surface area contributed by atoms with Gasteiger partial charge in [0.15, 0.2) is 6.29 Å². The Morgan fingerprint density at radius 1 is 0.405 bits per heavy atom. The maximum absolute atomic E-state index is 13.3. The van der Waals surface area contributed by atoms with Crippen LogP contribution in [0.4, 0.5) is 0 Å². The van der Waals surface area contributed by atoms with Crippen LogP contribution < -0.4 is 5.32 Å². The van der Waals surface area contributed by atoms with Crippen molar-refractivity contribution in [2.75, 3.05) is 13.2 Å². The molecular weight excluding hydrogens is 1050 g/mol. The van der Waals surface area contributed by atoms with Crippen LogP contribution in [-0.4, -0.2) is 110 Å². The number of aliphatic hydroxyl groups excluding tert-OH is 7. The van der Waals surface area contributed by atoms with Crippen LogP contribution in [0.3, 0.4) is 0 Å². The number of allylic oxidation sites excluding steroid dienone is 4. The van der Waals surface area contributed by atoms with Gasteiger partial charge in [-0.1, -0.05) is 340 Å². The zero-order chi connectivity index (χ0) is 61.0. The van der Waals surface area contributed by atoms with Gasteiger partial charge in [0.2, 0.25) is 5.91 Å². The van der Waals surface area contributed by atoms with Crippen LogP contribution in [0.2, 0.25) is 0 Å². The third-order valence-electron chi connectivity index (χ3n) is 18.0. The van der Waals surface area contributed by atoms with Gasteiger partial charge in [0.25, 0.3) is 0 Å². The summed E-state index contributed by atoms with van der Waals surface area (Å²) in [6.07, 6.45) is 67.1. The molecule has 0 aromatic rings. The minimum absolute atomic E-state index is 0.249. The molecule has 9 unspecified atom stereocenters. The molecule has 1 fully saturated rings. The lowest BCUT2D eigenvalue weighted by Crippen LogP contribution is -2.60. The van der Waals surface area contributed by atoms with Gasteiger partial charge in [-0.3, -0.25) is 4.79 Å². The van der Waals surface area contributed by atoms with Gasteiger partial charge in [-0.05, 0) is 51.4 Å². The van der Waals surface area contributed by atoms with Gasteiger partial charge in [0.05, 0.1) is 25.4 Å². The first-order valence-electron chi connectivity index (χ1n) is 36.7. The molecule has 0 aliphatic carbocycles. The van der Waals surface area contributed by atoms with E-state index in [0.717, 1.165) is 38.5 Å². The van der Waals surface area contributed by atoms with Crippen molar-refractivity contribution in [1.29, 1.82) is 0 Å². The summed E-state index contributed by atoms with van der Waals surface area (Å²) < 4.78 is 11.2. The van der Waals surface area contributed by atoms with E-state index in [-0.39, 0.29) is 12.8 Å². The highest BCUT2D eigenvalue weighted by molar-refractivity contribution is 5.80. The number of amides is 1. The predicted molar refractivity (Wildman–Crippen MR) is 353 cm³/mol. The first-order valence-corrected chi connectivity index (χ1v) is 36.7. The molecule has 1 saturated heterocycles. The lowest BCUT2D eigenvalue weighted by atomic mass is 9.98. The molecular formula is C73H141NO10. The van der Waals surface area contributed by atoms with Gasteiger partial charge in [0.1, 0.15) is 36.6 Å². The van der Waals surface area contributed by atoms with Crippen LogP contribution in [0.25, 0.3) is 0 Å². The third kappa shape index (κ3) is 48.5. The molecule has 498 valence electrons. The zero-order valence-corrected chi connectivity index (χ0v) is 55.2. The van der Waals surface area contributed by atoms with Gasteiger partial charge in [-0.15, -0.1) is 0 Å². The Morgan fingerprint density at radius 3 is 1.06 bits per heavy atom. The van der Waals surface area contributed by atoms with Gasteiger partial charge in [-0.2, -0.15) is 0 Å². The van der Waals surface area contributed by atoms with E-state index in [1.54, 1.807) is 0 Å². The molecule has 0 spiro atoms. The highest BCUT2D eigenvalue weighted by Gasteiger charge is 2.44. The van der Waals surface area contributed by atoms with E-state index in [2.05, 4.69) is 43.5 Å². The number of unbranched alkanes of at least 4 members (excludes halogenated alkanes) is 49. The minimum Gasteiger partial charge on any atom is -0.394 e. The summed E-state index contributed by atoms with van der Waals surface area (Å²) in [5.74, 6) is -0.702. The van der Waals surface area contributed by atoms with Crippen molar-refractivity contribution in [1.82, 2.24) is 5.32 Å². The summed E-state index contributed by atoms with van der Waals surface area (Å²) >= 11 is 0. The van der Waals surface area contributed by atoms with Gasteiger partial charge < -0.3 is 50.5 Å². The highest BCUT2D eigenvalue weighted by atomic mass is 16.7. The molecule has 1 heterocycles. The number of rotatable bonds is 65. The first-order chi connectivity index (χ1) is 41.2. The summed E-state index contributed by atoms with van der Waals surface area (Å²) in [4.78, 5) is 13.3. The van der Waals surface area contributed by atoms with Crippen molar-refractivity contribution < 1.29 is 50.0 Å². The maximum Gasteiger partial charge on any atom is 0.249 e. The second kappa shape index (κ2) is 61.8. The predicted octanol–water partition coefficient (Wildman–Crippen LogP) is 18.0. The van der Waals surface area contributed by atoms with Crippen LogP contribution in [0, 0.1) is 0 Å². The number of carbonyl (C=O) groups is 1. The van der Waals surface area contributed by atoms with E-state index < -0.39 is 74.2 Å². The molecule has 0 aromatic carbocycles. The normalized spacial score (nSPS) is 19.0. The van der Waals surface area contributed by atoms with Crippen LogP contribution in [0.1, 0.15) is 367 Å². The number of carbonyl (C=O) groups excluding carboxylic acids is 1. The second-order valence-corrected chi connectivity index (χ2v) is 26.0. The van der Waals surface area contributed by atoms with Crippen LogP contribution in [-0.2, 0) is 14.3 Å². The topological polar surface area (TPSA) is 189 Å². The average molecular weight is 1190 g/mol. The van der Waals surface area contributed by atoms with E-state index in [1.165, 1.54) is 283 Å². The Balaban J connectivity index is 2.18. The minimum atomic E-state index is -1.67. The van der Waals surface area contributed by atoms with Crippen molar-refractivity contribution in [3.63, 3.8) is 0 Å². The van der Waals surface area contributed by atoms with Crippen molar-refractivity contribution in [3.8, 4) is 0 Å². The quantitative estimate of drug-likeness (QED) is 0.0215. The Morgan fingerprint density at radius 2 is 0.714 bits per heavy atom. The van der Waals surface area contributed by atoms with Crippen molar-refractivity contribution in [3.05, 3.63) is 24.3 Å². The summed E-state index contributed by atoms with van der Waals surface area (Å²) in [6.45, 7) is 3.50. The Bertz CT molecular complexity index is 1420. The fourth-order valence-corrected chi connectivity index (χ4v) is 12.1. The molecule has 1 aliphatic rings. The fourth-order valence-electron chi connectivity index (χ4n) is 12.1. The molecule has 1 rings (SSSR count). The molecule has 0 radical (unpaired) electrons. The Hall–Kier alpha value is -1.41. The largest absolute Gasteiger partial charge is 0.394 e. The molecule has 11 heteroatoms. The molecule has 8 N–H and O–H groups in total. The number of aliphatic hydroxyl groups is 7. The molecule has 0 aromatic heterocycles. The monoisotopic (exact) mass is 1190 g/mol. The fraction of sp³-hybridized carbons (Fsp3) is 0.932. The Labute approximate surface area is 518 Å². The van der Waals surface area contributed by atoms with E-state index in [9.17, 15) is 40.5 Å². The van der Waals surface area contributed by atoms with Crippen molar-refractivity contribution in [2.24, 2.45) is 0 Å². The smallest absolute Gasteiger partial charge is 0.249 e. The zero-order valence-electron chi connectivity index (χ0n) is 55.2. The lowest BCUT2D eigenvalue weighted by molar-refractivity contribution is -0.303. The molecule has 1 aliphatic heterocycles. The average Bonchev–Trinajstić information content (AvgIpc) is 3.66. The summed E-state index contributed by atoms with van der Waals surface area (Å²) in [7, 11) is 0. The molecule has 0 bridgehead atoms. The molecule has 1 amide bonds. The van der Waals surface area contributed by atoms with Crippen molar-refractivity contribution in [2.45, 2.75) is 422 Å². The first kappa shape index (κ1) is 80.6. The van der Waals surface area contributed by atoms with Crippen LogP contribution >= 0.6 is 0 Å². The SMILES string of the molecule is CCCCCCCCCCCCCCCCCC/C=C/CC/C=C/CCCC(O)C(O)C(COC1OC(CO)C(O)C(O)C1O)NC(=O)C(O)CCCCCCCCCCCCCCCCCCCCCCCCCCCCCCCCCC. The number of nitrogens with one attached hydrogen (secondary N) is 1. The van der Waals surface area contributed by atoms with E-state index in [1.807, 2.05) is 0 Å². The second-order valence-electron chi connectivity index (χ2n) is 26.0.